The number of hydrogen-bond donors (Lipinski definition) is 1. The smallest absolute Gasteiger partial charge is 0.312 e. The summed E-state index contributed by atoms with van der Waals surface area (Å²) in [6.45, 7) is 3.54. The van der Waals surface area contributed by atoms with Crippen LogP contribution in [0.25, 0.3) is 0 Å². The van der Waals surface area contributed by atoms with Gasteiger partial charge in [0, 0.05) is 6.20 Å². The molecule has 0 spiro atoms. The predicted molar refractivity (Wildman–Crippen MR) is 49.4 cm³/mol. The zero-order chi connectivity index (χ0) is 10.7. The molecule has 76 valence electrons. The number of rotatable bonds is 3. The van der Waals surface area contributed by atoms with Crippen molar-refractivity contribution in [2.75, 3.05) is 0 Å². The van der Waals surface area contributed by atoms with Gasteiger partial charge in [0.1, 0.15) is 11.7 Å². The summed E-state index contributed by atoms with van der Waals surface area (Å²) >= 11 is 0. The van der Waals surface area contributed by atoms with Gasteiger partial charge < -0.3 is 5.11 Å². The second-order valence-corrected chi connectivity index (χ2v) is 3.46. The average Bonchev–Trinajstić information content (AvgIpc) is 2.02. The molecule has 0 aliphatic rings. The lowest BCUT2D eigenvalue weighted by Gasteiger charge is -2.15. The topological polar surface area (TPSA) is 50.2 Å². The van der Waals surface area contributed by atoms with E-state index < -0.39 is 17.7 Å². The van der Waals surface area contributed by atoms with Crippen LogP contribution in [0.4, 0.5) is 4.39 Å². The first-order valence-corrected chi connectivity index (χ1v) is 4.36. The van der Waals surface area contributed by atoms with Crippen LogP contribution >= 0.6 is 0 Å². The Kier molecular flexibility index (Phi) is 3.17. The second kappa shape index (κ2) is 4.17. The molecule has 0 aliphatic heterocycles. The Morgan fingerprint density at radius 2 is 2.21 bits per heavy atom. The fourth-order valence-corrected chi connectivity index (χ4v) is 1.34. The van der Waals surface area contributed by atoms with Gasteiger partial charge in [0.2, 0.25) is 0 Å². The summed E-state index contributed by atoms with van der Waals surface area (Å²) in [7, 11) is 0. The molecule has 14 heavy (non-hydrogen) atoms. The predicted octanol–water partition coefficient (Wildman–Crippen LogP) is 2.04. The fraction of sp³-hybridized carbons (Fsp3) is 0.400. The lowest BCUT2D eigenvalue weighted by atomic mass is 9.92. The largest absolute Gasteiger partial charge is 0.481 e. The number of aromatic nitrogens is 1. The maximum Gasteiger partial charge on any atom is 0.312 e. The van der Waals surface area contributed by atoms with E-state index in [9.17, 15) is 9.18 Å². The van der Waals surface area contributed by atoms with E-state index in [4.69, 9.17) is 5.11 Å². The molecule has 0 radical (unpaired) electrons. The van der Waals surface area contributed by atoms with Crippen molar-refractivity contribution in [3.05, 3.63) is 29.8 Å². The first kappa shape index (κ1) is 10.6. The summed E-state index contributed by atoms with van der Waals surface area (Å²) in [4.78, 5) is 14.8. The van der Waals surface area contributed by atoms with Crippen LogP contribution in [0.2, 0.25) is 0 Å². The van der Waals surface area contributed by atoms with Crippen molar-refractivity contribution in [1.82, 2.24) is 4.98 Å². The summed E-state index contributed by atoms with van der Waals surface area (Å²) in [5.74, 6) is -2.28. The van der Waals surface area contributed by atoms with Crippen LogP contribution in [-0.2, 0) is 4.79 Å². The molecular weight excluding hydrogens is 185 g/mol. The van der Waals surface area contributed by atoms with Gasteiger partial charge in [0.15, 0.2) is 0 Å². The van der Waals surface area contributed by atoms with Crippen molar-refractivity contribution < 1.29 is 14.3 Å². The molecule has 1 unspecified atom stereocenters. The molecule has 1 aromatic heterocycles. The minimum atomic E-state index is -0.974. The molecule has 1 atom stereocenters. The van der Waals surface area contributed by atoms with Gasteiger partial charge in [-0.25, -0.2) is 4.39 Å². The molecule has 0 aliphatic carbocycles. The van der Waals surface area contributed by atoms with Gasteiger partial charge in [0.05, 0.1) is 5.69 Å². The summed E-state index contributed by atoms with van der Waals surface area (Å²) in [5, 5.41) is 8.93. The molecule has 0 fully saturated rings. The third-order valence-electron chi connectivity index (χ3n) is 1.99. The number of pyridine rings is 1. The zero-order valence-electron chi connectivity index (χ0n) is 8.07. The van der Waals surface area contributed by atoms with E-state index in [0.29, 0.717) is 0 Å². The highest BCUT2D eigenvalue weighted by atomic mass is 19.1. The molecule has 0 saturated heterocycles. The first-order chi connectivity index (χ1) is 6.52. The molecule has 0 bridgehead atoms. The Morgan fingerprint density at radius 3 is 2.64 bits per heavy atom. The van der Waals surface area contributed by atoms with E-state index in [1.165, 1.54) is 18.3 Å². The molecule has 0 saturated carbocycles. The van der Waals surface area contributed by atoms with E-state index in [1.54, 1.807) is 13.8 Å². The van der Waals surface area contributed by atoms with Crippen molar-refractivity contribution in [1.29, 1.82) is 0 Å². The number of carboxylic acids is 1. The van der Waals surface area contributed by atoms with Gasteiger partial charge in [-0.05, 0) is 18.1 Å². The van der Waals surface area contributed by atoms with Crippen molar-refractivity contribution >= 4 is 5.97 Å². The van der Waals surface area contributed by atoms with Crippen molar-refractivity contribution in [2.45, 2.75) is 19.8 Å². The monoisotopic (exact) mass is 197 g/mol. The molecule has 0 amide bonds. The Balaban J connectivity index is 3.05. The van der Waals surface area contributed by atoms with Crippen LogP contribution < -0.4 is 0 Å². The number of aliphatic carboxylic acids is 1. The minimum Gasteiger partial charge on any atom is -0.481 e. The third-order valence-corrected chi connectivity index (χ3v) is 1.99. The number of halogens is 1. The number of carbonyl (C=O) groups is 1. The lowest BCUT2D eigenvalue weighted by Crippen LogP contribution is -2.18. The Labute approximate surface area is 81.6 Å². The van der Waals surface area contributed by atoms with Gasteiger partial charge in [0.25, 0.3) is 0 Å². The number of hydrogen-bond acceptors (Lipinski definition) is 2. The highest BCUT2D eigenvalue weighted by Gasteiger charge is 2.24. The number of carboxylic acid groups (broad SMARTS) is 1. The Hall–Kier alpha value is -1.45. The lowest BCUT2D eigenvalue weighted by molar-refractivity contribution is -0.140. The van der Waals surface area contributed by atoms with Crippen LogP contribution in [0, 0.1) is 11.7 Å². The van der Waals surface area contributed by atoms with Crippen molar-refractivity contribution in [3.8, 4) is 0 Å². The molecular formula is C10H12FNO2. The Bertz CT molecular complexity index is 339. The summed E-state index contributed by atoms with van der Waals surface area (Å²) in [6.07, 6.45) is 1.28. The second-order valence-electron chi connectivity index (χ2n) is 3.46. The molecule has 4 heteroatoms. The van der Waals surface area contributed by atoms with Crippen LogP contribution in [0.5, 0.6) is 0 Å². The van der Waals surface area contributed by atoms with E-state index >= 15 is 0 Å². The maximum absolute atomic E-state index is 12.8. The van der Waals surface area contributed by atoms with Gasteiger partial charge in [-0.3, -0.25) is 9.78 Å². The molecule has 0 aromatic carbocycles. The van der Waals surface area contributed by atoms with Crippen LogP contribution in [0.15, 0.2) is 18.3 Å². The summed E-state index contributed by atoms with van der Waals surface area (Å²) in [6, 6.07) is 2.36. The molecule has 1 heterocycles. The van der Waals surface area contributed by atoms with Gasteiger partial charge >= 0.3 is 5.97 Å². The first-order valence-electron chi connectivity index (χ1n) is 4.36. The molecule has 1 aromatic rings. The normalized spacial score (nSPS) is 12.9. The molecule has 1 N–H and O–H groups in total. The van der Waals surface area contributed by atoms with Gasteiger partial charge in [-0.2, -0.15) is 0 Å². The van der Waals surface area contributed by atoms with Gasteiger partial charge in [-0.15, -0.1) is 0 Å². The highest BCUT2D eigenvalue weighted by Crippen LogP contribution is 2.23. The minimum absolute atomic E-state index is 0.109. The summed E-state index contributed by atoms with van der Waals surface area (Å²) in [5.41, 5.74) is 0.271. The zero-order valence-corrected chi connectivity index (χ0v) is 8.07. The Morgan fingerprint density at radius 1 is 1.57 bits per heavy atom. The molecule has 1 rings (SSSR count). The molecule has 3 nitrogen and oxygen atoms in total. The van der Waals surface area contributed by atoms with Gasteiger partial charge in [-0.1, -0.05) is 13.8 Å². The van der Waals surface area contributed by atoms with Crippen LogP contribution in [-0.4, -0.2) is 16.1 Å². The maximum atomic E-state index is 12.8. The van der Waals surface area contributed by atoms with Crippen molar-refractivity contribution in [2.24, 2.45) is 5.92 Å². The summed E-state index contributed by atoms with van der Waals surface area (Å²) < 4.78 is 12.8. The average molecular weight is 197 g/mol. The van der Waals surface area contributed by atoms with Crippen molar-refractivity contribution in [3.63, 3.8) is 0 Å². The van der Waals surface area contributed by atoms with E-state index in [2.05, 4.69) is 4.98 Å². The number of nitrogens with zero attached hydrogens (tertiary/aromatic N) is 1. The quantitative estimate of drug-likeness (QED) is 0.806. The third kappa shape index (κ3) is 2.28. The SMILES string of the molecule is CC(C)C(C(=O)O)c1cc(F)ccn1. The standard InChI is InChI=1S/C10H12FNO2/c1-6(2)9(10(13)14)8-5-7(11)3-4-12-8/h3-6,9H,1-2H3,(H,13,14). The van der Waals surface area contributed by atoms with E-state index in [1.807, 2.05) is 0 Å². The van der Waals surface area contributed by atoms with E-state index in [0.717, 1.165) is 0 Å². The highest BCUT2D eigenvalue weighted by molar-refractivity contribution is 5.75. The van der Waals surface area contributed by atoms with Crippen LogP contribution in [0.3, 0.4) is 0 Å². The van der Waals surface area contributed by atoms with E-state index in [-0.39, 0.29) is 11.6 Å². The van der Waals surface area contributed by atoms with Crippen LogP contribution in [0.1, 0.15) is 25.5 Å². The fourth-order valence-electron chi connectivity index (χ4n) is 1.34.